The molecule has 2 N–H and O–H groups in total. The summed E-state index contributed by atoms with van der Waals surface area (Å²) in [6.07, 6.45) is -4.61. The first kappa shape index (κ1) is 23.3. The lowest BCUT2D eigenvalue weighted by Gasteiger charge is -2.10. The normalized spacial score (nSPS) is 11.1. The monoisotopic (exact) mass is 445 g/mol. The number of carbonyl (C=O) groups excluding carboxylic acids is 3. The molecule has 0 saturated heterocycles. The van der Waals surface area contributed by atoms with E-state index in [0.717, 1.165) is 11.3 Å². The minimum atomic E-state index is -4.61. The van der Waals surface area contributed by atoms with E-state index < -0.39 is 37.2 Å². The number of benzene rings is 1. The quantitative estimate of drug-likeness (QED) is 0.498. The summed E-state index contributed by atoms with van der Waals surface area (Å²) in [7, 11) is 0. The number of nitrogens with one attached hydrogen (secondary N) is 2. The molecule has 0 unspecified atom stereocenters. The van der Waals surface area contributed by atoms with Crippen molar-refractivity contribution in [2.24, 2.45) is 0 Å². The topological polar surface area (TPSA) is 111 Å². The van der Waals surface area contributed by atoms with Gasteiger partial charge < -0.3 is 14.6 Å². The summed E-state index contributed by atoms with van der Waals surface area (Å²) in [5.41, 5.74) is 1.83. The van der Waals surface area contributed by atoms with Crippen LogP contribution in [0, 0.1) is 13.8 Å². The average Bonchev–Trinajstić information content (AvgIpc) is 3.00. The molecule has 0 aliphatic carbocycles. The van der Waals surface area contributed by atoms with E-state index in [1.165, 1.54) is 23.1 Å². The number of hydrogen-bond acceptors (Lipinski definition) is 7. The van der Waals surface area contributed by atoms with Gasteiger partial charge in [-0.3, -0.25) is 10.1 Å². The summed E-state index contributed by atoms with van der Waals surface area (Å²) >= 11 is 1.34. The van der Waals surface area contributed by atoms with E-state index in [0.29, 0.717) is 16.4 Å². The summed E-state index contributed by atoms with van der Waals surface area (Å²) < 4.78 is 46.0. The van der Waals surface area contributed by atoms with E-state index in [-0.39, 0.29) is 5.56 Å². The Kier molecular flexibility index (Phi) is 7.86. The number of esters is 1. The molecule has 2 aromatic rings. The minimum absolute atomic E-state index is 0.198. The van der Waals surface area contributed by atoms with Crippen LogP contribution >= 0.6 is 11.8 Å². The number of nitrogens with zero attached hydrogens (tertiary/aromatic N) is 1. The molecule has 0 bridgehead atoms. The molecule has 1 aromatic heterocycles. The lowest BCUT2D eigenvalue weighted by atomic mass is 10.2. The first-order valence-electron chi connectivity index (χ1n) is 8.52. The van der Waals surface area contributed by atoms with Gasteiger partial charge in [-0.05, 0) is 26.0 Å². The number of alkyl halides is 3. The van der Waals surface area contributed by atoms with Gasteiger partial charge in [-0.25, -0.2) is 9.59 Å². The highest BCUT2D eigenvalue weighted by molar-refractivity contribution is 7.98. The number of ether oxygens (including phenoxy) is 1. The average molecular weight is 445 g/mol. The minimum Gasteiger partial charge on any atom is -0.452 e. The zero-order chi connectivity index (χ0) is 22.3. The maximum absolute atomic E-state index is 12.3. The number of aromatic nitrogens is 1. The van der Waals surface area contributed by atoms with E-state index in [4.69, 9.17) is 9.26 Å². The van der Waals surface area contributed by atoms with Crippen molar-refractivity contribution in [2.75, 3.05) is 13.2 Å². The fraction of sp³-hybridized carbons (Fsp3) is 0.333. The van der Waals surface area contributed by atoms with Gasteiger partial charge in [0, 0.05) is 16.2 Å². The Hall–Kier alpha value is -3.02. The number of hydrogen-bond donors (Lipinski definition) is 2. The maximum atomic E-state index is 12.3. The van der Waals surface area contributed by atoms with E-state index >= 15 is 0 Å². The zero-order valence-corrected chi connectivity index (χ0v) is 16.8. The van der Waals surface area contributed by atoms with Gasteiger partial charge in [0.2, 0.25) is 0 Å². The Bertz CT molecular complexity index is 911. The predicted octanol–water partition coefficient (Wildman–Crippen LogP) is 3.13. The highest BCUT2D eigenvalue weighted by Crippen LogP contribution is 2.29. The molecule has 1 aromatic carbocycles. The maximum Gasteiger partial charge on any atom is 0.405 e. The van der Waals surface area contributed by atoms with Crippen LogP contribution in [0.2, 0.25) is 0 Å². The molecule has 0 aliphatic heterocycles. The van der Waals surface area contributed by atoms with Crippen molar-refractivity contribution in [3.63, 3.8) is 0 Å². The summed E-state index contributed by atoms with van der Waals surface area (Å²) in [5, 5.41) is 6.98. The summed E-state index contributed by atoms with van der Waals surface area (Å²) in [6.45, 7) is 1.15. The van der Waals surface area contributed by atoms with Crippen LogP contribution < -0.4 is 10.6 Å². The molecule has 1 heterocycles. The Morgan fingerprint density at radius 3 is 2.53 bits per heavy atom. The highest BCUT2D eigenvalue weighted by atomic mass is 32.2. The molecule has 3 amide bonds. The lowest BCUT2D eigenvalue weighted by Crippen LogP contribution is -2.44. The van der Waals surface area contributed by atoms with E-state index in [9.17, 15) is 27.6 Å². The molecular weight excluding hydrogens is 427 g/mol. The van der Waals surface area contributed by atoms with Gasteiger partial charge in [-0.2, -0.15) is 13.2 Å². The summed E-state index contributed by atoms with van der Waals surface area (Å²) in [5.74, 6) is -0.724. The number of rotatable bonds is 7. The van der Waals surface area contributed by atoms with Crippen molar-refractivity contribution < 1.29 is 36.8 Å². The highest BCUT2D eigenvalue weighted by Gasteiger charge is 2.28. The number of halogens is 3. The number of aryl methyl sites for hydroxylation is 2. The molecule has 8 nitrogen and oxygen atoms in total. The zero-order valence-electron chi connectivity index (χ0n) is 16.0. The standard InChI is InChI=1S/C18H18F3N3O5S/c1-10-13(11(2)29-24-10)8-30-14-6-4-3-5-12(14)16(26)28-7-15(25)23-17(27)22-9-18(19,20)21/h3-6H,7-9H2,1-2H3,(H2,22,23,25,27). The van der Waals surface area contributed by atoms with Crippen LogP contribution in [0.25, 0.3) is 0 Å². The Morgan fingerprint density at radius 1 is 1.20 bits per heavy atom. The second-order valence-corrected chi connectivity index (χ2v) is 7.03. The number of carbonyl (C=O) groups is 3. The van der Waals surface area contributed by atoms with Gasteiger partial charge in [0.15, 0.2) is 6.61 Å². The predicted molar refractivity (Wildman–Crippen MR) is 99.9 cm³/mol. The van der Waals surface area contributed by atoms with Crippen LogP contribution in [0.5, 0.6) is 0 Å². The van der Waals surface area contributed by atoms with Crippen molar-refractivity contribution in [3.05, 3.63) is 46.8 Å². The summed E-state index contributed by atoms with van der Waals surface area (Å²) in [4.78, 5) is 35.7. The second-order valence-electron chi connectivity index (χ2n) is 6.01. The summed E-state index contributed by atoms with van der Waals surface area (Å²) in [6, 6.07) is 5.20. The third-order valence-corrected chi connectivity index (χ3v) is 4.80. The molecule has 0 aliphatic rings. The van der Waals surface area contributed by atoms with Crippen LogP contribution in [0.3, 0.4) is 0 Å². The van der Waals surface area contributed by atoms with Crippen molar-refractivity contribution >= 4 is 29.7 Å². The lowest BCUT2D eigenvalue weighted by molar-refractivity contribution is -0.125. The number of amides is 3. The third kappa shape index (κ3) is 7.10. The molecule has 0 saturated carbocycles. The van der Waals surface area contributed by atoms with Crippen molar-refractivity contribution in [2.45, 2.75) is 30.7 Å². The molecule has 0 radical (unpaired) electrons. The van der Waals surface area contributed by atoms with Crippen molar-refractivity contribution in [1.29, 1.82) is 0 Å². The van der Waals surface area contributed by atoms with Crippen molar-refractivity contribution in [3.8, 4) is 0 Å². The number of imide groups is 1. The molecule has 30 heavy (non-hydrogen) atoms. The number of urea groups is 1. The Labute approximate surface area is 173 Å². The first-order valence-corrected chi connectivity index (χ1v) is 9.50. The Morgan fingerprint density at radius 2 is 1.90 bits per heavy atom. The smallest absolute Gasteiger partial charge is 0.405 e. The van der Waals surface area contributed by atoms with Gasteiger partial charge in [0.1, 0.15) is 12.3 Å². The van der Waals surface area contributed by atoms with E-state index in [1.54, 1.807) is 37.4 Å². The molecule has 2 rings (SSSR count). The largest absolute Gasteiger partial charge is 0.452 e. The molecule has 162 valence electrons. The fourth-order valence-corrected chi connectivity index (χ4v) is 3.41. The molecule has 0 fully saturated rings. The van der Waals surface area contributed by atoms with Gasteiger partial charge in [-0.1, -0.05) is 17.3 Å². The number of thioether (sulfide) groups is 1. The van der Waals surface area contributed by atoms with E-state index in [1.807, 2.05) is 0 Å². The van der Waals surface area contributed by atoms with Crippen LogP contribution in [-0.4, -0.2) is 42.4 Å². The van der Waals surface area contributed by atoms with Gasteiger partial charge >= 0.3 is 18.2 Å². The first-order chi connectivity index (χ1) is 14.1. The van der Waals surface area contributed by atoms with Gasteiger partial charge in [-0.15, -0.1) is 11.8 Å². The molecule has 0 spiro atoms. The van der Waals surface area contributed by atoms with Crippen LogP contribution in [0.4, 0.5) is 18.0 Å². The van der Waals surface area contributed by atoms with Crippen LogP contribution in [0.15, 0.2) is 33.7 Å². The van der Waals surface area contributed by atoms with Crippen LogP contribution in [0.1, 0.15) is 27.4 Å². The van der Waals surface area contributed by atoms with E-state index in [2.05, 4.69) is 5.16 Å². The third-order valence-electron chi connectivity index (χ3n) is 3.70. The molecular formula is C18H18F3N3O5S. The molecule has 0 atom stereocenters. The second kappa shape index (κ2) is 10.1. The molecule has 12 heteroatoms. The van der Waals surface area contributed by atoms with Crippen molar-refractivity contribution in [1.82, 2.24) is 15.8 Å². The van der Waals surface area contributed by atoms with Gasteiger partial charge in [0.05, 0.1) is 11.3 Å². The fourth-order valence-electron chi connectivity index (χ4n) is 2.22. The van der Waals surface area contributed by atoms with Gasteiger partial charge in [0.25, 0.3) is 5.91 Å². The van der Waals surface area contributed by atoms with Crippen LogP contribution in [-0.2, 0) is 15.3 Å². The SMILES string of the molecule is Cc1noc(C)c1CSc1ccccc1C(=O)OCC(=O)NC(=O)NCC(F)(F)F. The Balaban J connectivity index is 1.90.